The van der Waals surface area contributed by atoms with Crippen LogP contribution in [0, 0.1) is 29.6 Å². The molecule has 9 nitrogen and oxygen atoms in total. The Morgan fingerprint density at radius 1 is 1.19 bits per heavy atom. The standard InChI is InChI=1S/C33H46N6O3/c1-4-28(40)39-17-16-38(20-25(39)11-14-34)31-27-10-13-33(12-9-23-18-22(2)7-8-24(23)19-33)30(41)29(27)35-32(36-31)42-21-26-6-5-15-37(26)3/h4,7-8,18,25-27,29,31-32,35-36H,1,5-6,9-13,15-17,19-21H2,2-3H3. The van der Waals surface area contributed by atoms with E-state index in [0.717, 1.165) is 45.1 Å². The molecule has 6 rings (SSSR count). The fourth-order valence-corrected chi connectivity index (χ4v) is 8.39. The second-order valence-electron chi connectivity index (χ2n) is 13.3. The van der Waals surface area contributed by atoms with Crippen molar-refractivity contribution in [3.8, 4) is 6.07 Å². The Labute approximate surface area is 250 Å². The van der Waals surface area contributed by atoms with Crippen LogP contribution in [0.2, 0.25) is 0 Å². The third-order valence-electron chi connectivity index (χ3n) is 10.8. The van der Waals surface area contributed by atoms with Gasteiger partial charge in [-0.1, -0.05) is 30.3 Å². The molecule has 1 amide bonds. The lowest BCUT2D eigenvalue weighted by atomic mass is 9.59. The number of benzene rings is 1. The van der Waals surface area contributed by atoms with E-state index in [1.165, 1.54) is 29.2 Å². The number of nitriles is 1. The van der Waals surface area contributed by atoms with Gasteiger partial charge in [0, 0.05) is 37.0 Å². The number of nitrogens with zero attached hydrogens (tertiary/aromatic N) is 4. The zero-order chi connectivity index (χ0) is 29.4. The fraction of sp³-hybridized carbons (Fsp3) is 0.667. The summed E-state index contributed by atoms with van der Waals surface area (Å²) in [6, 6.07) is 8.84. The highest BCUT2D eigenvalue weighted by atomic mass is 16.5. The molecule has 1 spiro atoms. The van der Waals surface area contributed by atoms with Gasteiger partial charge in [-0.15, -0.1) is 0 Å². The van der Waals surface area contributed by atoms with Crippen LogP contribution in [-0.4, -0.2) is 96.9 Å². The van der Waals surface area contributed by atoms with Crippen LogP contribution in [0.1, 0.15) is 55.2 Å². The SMILES string of the molecule is C=CC(=O)N1CCN(C2NC(OCC3CCCN3C)NC3C(=O)C4(CCc5cc(C)ccc5C4)CCC32)CC1CC#N. The average Bonchev–Trinajstić information content (AvgIpc) is 3.42. The van der Waals surface area contributed by atoms with Crippen LogP contribution >= 0.6 is 0 Å². The summed E-state index contributed by atoms with van der Waals surface area (Å²) in [5, 5.41) is 16.9. The third kappa shape index (κ3) is 5.56. The number of fused-ring (bicyclic) bond motifs is 2. The van der Waals surface area contributed by atoms with Crippen molar-refractivity contribution in [2.24, 2.45) is 11.3 Å². The Bertz CT molecular complexity index is 1250. The first-order valence-corrected chi connectivity index (χ1v) is 15.8. The number of carbonyl (C=O) groups excluding carboxylic acids is 2. The molecular weight excluding hydrogens is 528 g/mol. The summed E-state index contributed by atoms with van der Waals surface area (Å²) in [6.45, 7) is 9.28. The summed E-state index contributed by atoms with van der Waals surface area (Å²) in [7, 11) is 2.15. The number of carbonyl (C=O) groups is 2. The van der Waals surface area contributed by atoms with Crippen LogP contribution in [-0.2, 0) is 27.2 Å². The molecule has 1 aromatic rings. The minimum absolute atomic E-state index is 0.0791. The van der Waals surface area contributed by atoms with Crippen LogP contribution < -0.4 is 10.6 Å². The van der Waals surface area contributed by atoms with E-state index in [-0.39, 0.29) is 41.9 Å². The molecule has 5 aliphatic rings. The van der Waals surface area contributed by atoms with Crippen LogP contribution in [0.15, 0.2) is 30.9 Å². The molecule has 0 radical (unpaired) electrons. The van der Waals surface area contributed by atoms with Gasteiger partial charge in [-0.25, -0.2) is 0 Å². The van der Waals surface area contributed by atoms with Gasteiger partial charge in [0.05, 0.1) is 37.3 Å². The van der Waals surface area contributed by atoms with Crippen LogP contribution in [0.5, 0.6) is 0 Å². The second kappa shape index (κ2) is 12.2. The second-order valence-corrected chi connectivity index (χ2v) is 13.3. The highest BCUT2D eigenvalue weighted by Crippen LogP contribution is 2.47. The lowest BCUT2D eigenvalue weighted by Crippen LogP contribution is -2.74. The van der Waals surface area contributed by atoms with Gasteiger partial charge in [0.25, 0.3) is 0 Å². The van der Waals surface area contributed by atoms with Crippen molar-refractivity contribution in [1.29, 1.82) is 5.26 Å². The van der Waals surface area contributed by atoms with Gasteiger partial charge >= 0.3 is 0 Å². The third-order valence-corrected chi connectivity index (χ3v) is 10.8. The molecule has 0 aromatic heterocycles. The summed E-state index contributed by atoms with van der Waals surface area (Å²) in [6.07, 6.45) is 7.87. The zero-order valence-electron chi connectivity index (χ0n) is 25.2. The first-order chi connectivity index (χ1) is 20.3. The number of hydrogen-bond acceptors (Lipinski definition) is 8. The number of ether oxygens (including phenoxy) is 1. The molecule has 1 aromatic carbocycles. The normalized spacial score (nSPS) is 35.5. The number of nitrogens with one attached hydrogen (secondary N) is 2. The van der Waals surface area contributed by atoms with E-state index >= 15 is 0 Å². The summed E-state index contributed by atoms with van der Waals surface area (Å²) in [5.41, 5.74) is 3.65. The molecule has 2 N–H and O–H groups in total. The molecule has 7 unspecified atom stereocenters. The van der Waals surface area contributed by atoms with Gasteiger partial charge in [-0.05, 0) is 82.7 Å². The van der Waals surface area contributed by atoms with Crippen molar-refractivity contribution >= 4 is 11.7 Å². The highest BCUT2D eigenvalue weighted by Gasteiger charge is 2.55. The molecule has 42 heavy (non-hydrogen) atoms. The lowest BCUT2D eigenvalue weighted by Gasteiger charge is -2.55. The summed E-state index contributed by atoms with van der Waals surface area (Å²) < 4.78 is 6.48. The quantitative estimate of drug-likeness (QED) is 0.500. The number of ketones is 1. The zero-order valence-corrected chi connectivity index (χ0v) is 25.2. The number of piperazine rings is 1. The molecule has 0 bridgehead atoms. The molecule has 226 valence electrons. The van der Waals surface area contributed by atoms with Crippen LogP contribution in [0.25, 0.3) is 0 Å². The van der Waals surface area contributed by atoms with Crippen molar-refractivity contribution in [2.45, 2.75) is 88.9 Å². The monoisotopic (exact) mass is 574 g/mol. The van der Waals surface area contributed by atoms with E-state index in [4.69, 9.17) is 4.74 Å². The number of hydrogen-bond donors (Lipinski definition) is 2. The van der Waals surface area contributed by atoms with Crippen molar-refractivity contribution in [2.75, 3.05) is 39.8 Å². The molecule has 2 aliphatic carbocycles. The topological polar surface area (TPSA) is 101 Å². The Balaban J connectivity index is 1.24. The van der Waals surface area contributed by atoms with Gasteiger partial charge in [0.1, 0.15) is 0 Å². The smallest absolute Gasteiger partial charge is 0.246 e. The van der Waals surface area contributed by atoms with Crippen LogP contribution in [0.3, 0.4) is 0 Å². The van der Waals surface area contributed by atoms with E-state index in [1.54, 1.807) is 4.90 Å². The van der Waals surface area contributed by atoms with E-state index in [9.17, 15) is 14.9 Å². The predicted molar refractivity (Wildman–Crippen MR) is 160 cm³/mol. The Morgan fingerprint density at radius 3 is 2.81 bits per heavy atom. The van der Waals surface area contributed by atoms with E-state index in [0.29, 0.717) is 38.1 Å². The number of amides is 1. The maximum absolute atomic E-state index is 14.6. The fourth-order valence-electron chi connectivity index (χ4n) is 8.39. The largest absolute Gasteiger partial charge is 0.348 e. The molecule has 4 fully saturated rings. The van der Waals surface area contributed by atoms with Crippen LogP contribution in [0.4, 0.5) is 0 Å². The predicted octanol–water partition coefficient (Wildman–Crippen LogP) is 2.34. The molecule has 3 heterocycles. The van der Waals surface area contributed by atoms with Crippen molar-refractivity contribution in [1.82, 2.24) is 25.3 Å². The number of Topliss-reactive ketones (excluding diaryl/α,β-unsaturated/α-hetero) is 1. The van der Waals surface area contributed by atoms with Gasteiger partial charge < -0.3 is 14.5 Å². The Hall–Kier alpha value is -2.61. The summed E-state index contributed by atoms with van der Waals surface area (Å²) in [4.78, 5) is 33.6. The summed E-state index contributed by atoms with van der Waals surface area (Å²) >= 11 is 0. The first kappa shape index (κ1) is 29.5. The molecule has 9 heteroatoms. The van der Waals surface area contributed by atoms with Crippen molar-refractivity contribution < 1.29 is 14.3 Å². The Morgan fingerprint density at radius 2 is 2.05 bits per heavy atom. The minimum Gasteiger partial charge on any atom is -0.348 e. The lowest BCUT2D eigenvalue weighted by molar-refractivity contribution is -0.154. The number of aryl methyl sites for hydroxylation is 2. The first-order valence-electron chi connectivity index (χ1n) is 15.8. The number of rotatable bonds is 6. The number of likely N-dealkylation sites (tertiary alicyclic amines) is 1. The maximum atomic E-state index is 14.6. The molecule has 7 atom stereocenters. The van der Waals surface area contributed by atoms with Gasteiger partial charge in [0.15, 0.2) is 12.1 Å². The maximum Gasteiger partial charge on any atom is 0.246 e. The van der Waals surface area contributed by atoms with Crippen molar-refractivity contribution in [3.63, 3.8) is 0 Å². The molecule has 3 aliphatic heterocycles. The van der Waals surface area contributed by atoms with Gasteiger partial charge in [-0.3, -0.25) is 25.1 Å². The van der Waals surface area contributed by atoms with Crippen molar-refractivity contribution in [3.05, 3.63) is 47.5 Å². The average molecular weight is 575 g/mol. The van der Waals surface area contributed by atoms with Gasteiger partial charge in [0.2, 0.25) is 5.91 Å². The number of likely N-dealkylation sites (N-methyl/N-ethyl adjacent to an activating group) is 1. The Kier molecular flexibility index (Phi) is 8.54. The highest BCUT2D eigenvalue weighted by molar-refractivity contribution is 5.91. The minimum atomic E-state index is -0.440. The van der Waals surface area contributed by atoms with E-state index in [2.05, 4.69) is 65.3 Å². The van der Waals surface area contributed by atoms with Gasteiger partial charge in [-0.2, -0.15) is 5.26 Å². The van der Waals surface area contributed by atoms with E-state index < -0.39 is 6.35 Å². The molecule has 1 saturated carbocycles. The molecule has 3 saturated heterocycles. The molecular formula is C33H46N6O3. The van der Waals surface area contributed by atoms with E-state index in [1.807, 2.05) is 0 Å². The summed E-state index contributed by atoms with van der Waals surface area (Å²) in [5.74, 6) is 0.286.